The van der Waals surface area contributed by atoms with Crippen molar-refractivity contribution in [3.05, 3.63) is 60.2 Å². The molecule has 1 heterocycles. The van der Waals surface area contributed by atoms with Crippen molar-refractivity contribution in [2.24, 2.45) is 0 Å². The first-order chi connectivity index (χ1) is 13.2. The molecule has 2 atom stereocenters. The highest BCUT2D eigenvalue weighted by Crippen LogP contribution is 2.34. The van der Waals surface area contributed by atoms with Crippen LogP contribution in [0, 0.1) is 0 Å². The van der Waals surface area contributed by atoms with E-state index in [1.54, 1.807) is 18.7 Å². The van der Waals surface area contributed by atoms with Crippen LogP contribution >= 0.6 is 11.8 Å². The predicted octanol–water partition coefficient (Wildman–Crippen LogP) is 3.60. The fourth-order valence-electron chi connectivity index (χ4n) is 3.02. The molecule has 0 spiro atoms. The van der Waals surface area contributed by atoms with Gasteiger partial charge >= 0.3 is 5.97 Å². The van der Waals surface area contributed by atoms with Crippen molar-refractivity contribution in [2.75, 3.05) is 11.9 Å². The van der Waals surface area contributed by atoms with Gasteiger partial charge in [-0.3, -0.25) is 14.9 Å². The topological polar surface area (TPSA) is 67.4 Å². The number of hydrogen-bond acceptors (Lipinski definition) is 5. The minimum absolute atomic E-state index is 0.0596. The zero-order valence-corrected chi connectivity index (χ0v) is 16.1. The Morgan fingerprint density at radius 3 is 2.74 bits per heavy atom. The van der Waals surface area contributed by atoms with E-state index >= 15 is 0 Å². The summed E-state index contributed by atoms with van der Waals surface area (Å²) in [6, 6.07) is 17.3. The predicted molar refractivity (Wildman–Crippen MR) is 108 cm³/mol. The second-order valence-corrected chi connectivity index (χ2v) is 7.60. The number of carbonyl (C=O) groups excluding carboxylic acids is 2. The van der Waals surface area contributed by atoms with Gasteiger partial charge in [0.05, 0.1) is 24.1 Å². The Morgan fingerprint density at radius 1 is 1.22 bits per heavy atom. The van der Waals surface area contributed by atoms with Crippen LogP contribution in [0.4, 0.5) is 5.69 Å². The van der Waals surface area contributed by atoms with Gasteiger partial charge in [-0.05, 0) is 37.5 Å². The molecule has 2 aromatic carbocycles. The van der Waals surface area contributed by atoms with Crippen molar-refractivity contribution in [3.63, 3.8) is 0 Å². The van der Waals surface area contributed by atoms with Crippen molar-refractivity contribution < 1.29 is 14.3 Å². The molecule has 3 rings (SSSR count). The number of esters is 1. The number of benzene rings is 2. The average Bonchev–Trinajstić information content (AvgIpc) is 2.83. The summed E-state index contributed by atoms with van der Waals surface area (Å²) < 4.78 is 5.25. The monoisotopic (exact) mass is 384 g/mol. The highest BCUT2D eigenvalue weighted by molar-refractivity contribution is 8.00. The van der Waals surface area contributed by atoms with E-state index < -0.39 is 6.04 Å². The molecule has 0 fully saturated rings. The van der Waals surface area contributed by atoms with E-state index in [2.05, 4.69) is 10.6 Å². The van der Waals surface area contributed by atoms with Gasteiger partial charge in [-0.15, -0.1) is 11.8 Å². The Bertz CT molecular complexity index is 782. The SMILES string of the molecule is CCOC(=O)[C@@H](CCc1ccccc1)NC1CC(=O)Nc2ccccc2S1. The van der Waals surface area contributed by atoms with Crippen LogP contribution in [-0.4, -0.2) is 29.9 Å². The highest BCUT2D eigenvalue weighted by Gasteiger charge is 2.28. The number of nitrogens with one attached hydrogen (secondary N) is 2. The number of carbonyl (C=O) groups is 2. The quantitative estimate of drug-likeness (QED) is 0.714. The molecule has 0 aliphatic carbocycles. The number of para-hydroxylation sites is 1. The molecule has 0 saturated heterocycles. The van der Waals surface area contributed by atoms with Gasteiger partial charge in [0.25, 0.3) is 0 Å². The molecule has 27 heavy (non-hydrogen) atoms. The maximum atomic E-state index is 12.5. The van der Waals surface area contributed by atoms with E-state index in [0.29, 0.717) is 19.4 Å². The summed E-state index contributed by atoms with van der Waals surface area (Å²) in [6.45, 7) is 2.14. The molecule has 142 valence electrons. The molecule has 0 saturated carbocycles. The van der Waals surface area contributed by atoms with Crippen LogP contribution < -0.4 is 10.6 Å². The van der Waals surface area contributed by atoms with Gasteiger partial charge in [0.2, 0.25) is 5.91 Å². The lowest BCUT2D eigenvalue weighted by Gasteiger charge is -2.23. The Balaban J connectivity index is 1.70. The Kier molecular flexibility index (Phi) is 6.90. The van der Waals surface area contributed by atoms with Crippen LogP contribution in [-0.2, 0) is 20.7 Å². The summed E-state index contributed by atoms with van der Waals surface area (Å²) in [5.74, 6) is -0.331. The van der Waals surface area contributed by atoms with Gasteiger partial charge in [-0.25, -0.2) is 0 Å². The molecule has 6 heteroatoms. The number of hydrogen-bond donors (Lipinski definition) is 2. The molecule has 2 aromatic rings. The molecular weight excluding hydrogens is 360 g/mol. The number of fused-ring (bicyclic) bond motifs is 1. The zero-order chi connectivity index (χ0) is 19.1. The van der Waals surface area contributed by atoms with Gasteiger partial charge < -0.3 is 10.1 Å². The Morgan fingerprint density at radius 2 is 1.96 bits per heavy atom. The molecule has 2 N–H and O–H groups in total. The molecule has 1 unspecified atom stereocenters. The lowest BCUT2D eigenvalue weighted by atomic mass is 10.1. The number of rotatable bonds is 7. The second kappa shape index (κ2) is 9.58. The molecule has 0 bridgehead atoms. The van der Waals surface area contributed by atoms with E-state index in [1.807, 2.05) is 54.6 Å². The third-order valence-electron chi connectivity index (χ3n) is 4.32. The molecule has 5 nitrogen and oxygen atoms in total. The Labute approximate surface area is 163 Å². The van der Waals surface area contributed by atoms with E-state index in [-0.39, 0.29) is 17.3 Å². The minimum atomic E-state index is -0.458. The molecule has 1 amide bonds. The summed E-state index contributed by atoms with van der Waals surface area (Å²) in [7, 11) is 0. The minimum Gasteiger partial charge on any atom is -0.465 e. The first kappa shape index (κ1) is 19.5. The molecule has 0 radical (unpaired) electrons. The zero-order valence-electron chi connectivity index (χ0n) is 15.3. The smallest absolute Gasteiger partial charge is 0.323 e. The van der Waals surface area contributed by atoms with E-state index in [9.17, 15) is 9.59 Å². The fraction of sp³-hybridized carbons (Fsp3) is 0.333. The summed E-state index contributed by atoms with van der Waals surface area (Å²) in [5, 5.41) is 6.08. The van der Waals surface area contributed by atoms with Crippen LogP contribution in [0.1, 0.15) is 25.3 Å². The average molecular weight is 385 g/mol. The van der Waals surface area contributed by atoms with E-state index in [0.717, 1.165) is 17.0 Å². The molecular formula is C21H24N2O3S. The first-order valence-electron chi connectivity index (χ1n) is 9.18. The number of aryl methyl sites for hydroxylation is 1. The van der Waals surface area contributed by atoms with E-state index in [4.69, 9.17) is 4.74 Å². The summed E-state index contributed by atoms with van der Waals surface area (Å²) in [6.07, 6.45) is 1.67. The first-order valence-corrected chi connectivity index (χ1v) is 10.1. The number of thioether (sulfide) groups is 1. The van der Waals surface area contributed by atoms with Crippen LogP contribution in [0.2, 0.25) is 0 Å². The number of amides is 1. The number of ether oxygens (including phenoxy) is 1. The maximum Gasteiger partial charge on any atom is 0.323 e. The second-order valence-electron chi connectivity index (χ2n) is 6.35. The van der Waals surface area contributed by atoms with Gasteiger partial charge in [0.15, 0.2) is 0 Å². The van der Waals surface area contributed by atoms with Gasteiger partial charge in [-0.2, -0.15) is 0 Å². The molecule has 1 aliphatic rings. The maximum absolute atomic E-state index is 12.5. The molecule has 1 aliphatic heterocycles. The van der Waals surface area contributed by atoms with Gasteiger partial charge in [0, 0.05) is 4.90 Å². The number of anilines is 1. The summed E-state index contributed by atoms with van der Waals surface area (Å²) >= 11 is 1.56. The lowest BCUT2D eigenvalue weighted by Crippen LogP contribution is -2.44. The van der Waals surface area contributed by atoms with Crippen LogP contribution in [0.25, 0.3) is 0 Å². The van der Waals surface area contributed by atoms with Crippen LogP contribution in [0.15, 0.2) is 59.5 Å². The van der Waals surface area contributed by atoms with E-state index in [1.165, 1.54) is 5.56 Å². The van der Waals surface area contributed by atoms with Crippen molar-refractivity contribution in [1.29, 1.82) is 0 Å². The van der Waals surface area contributed by atoms with Crippen molar-refractivity contribution >= 4 is 29.3 Å². The van der Waals surface area contributed by atoms with Crippen molar-refractivity contribution in [3.8, 4) is 0 Å². The third-order valence-corrected chi connectivity index (χ3v) is 5.52. The van der Waals surface area contributed by atoms with Gasteiger partial charge in [-0.1, -0.05) is 42.5 Å². The highest BCUT2D eigenvalue weighted by atomic mass is 32.2. The largest absolute Gasteiger partial charge is 0.465 e. The third kappa shape index (κ3) is 5.58. The van der Waals surface area contributed by atoms with Gasteiger partial charge in [0.1, 0.15) is 6.04 Å². The summed E-state index contributed by atoms with van der Waals surface area (Å²) in [4.78, 5) is 25.7. The van der Waals surface area contributed by atoms with Crippen LogP contribution in [0.3, 0.4) is 0 Å². The normalized spacial score (nSPS) is 17.4. The lowest BCUT2D eigenvalue weighted by molar-refractivity contribution is -0.146. The Hall–Kier alpha value is -2.31. The van der Waals surface area contributed by atoms with Crippen molar-refractivity contribution in [2.45, 2.75) is 42.5 Å². The standard InChI is InChI=1S/C21H24N2O3S/c1-2-26-21(25)17(13-12-15-8-4-3-5-9-15)23-20-14-19(24)22-16-10-6-7-11-18(16)27-20/h3-11,17,20,23H,2,12-14H2,1H3,(H,22,24)/t17-,20?/m1/s1. The van der Waals surface area contributed by atoms with Crippen molar-refractivity contribution in [1.82, 2.24) is 5.32 Å². The van der Waals surface area contributed by atoms with Crippen LogP contribution in [0.5, 0.6) is 0 Å². The molecule has 0 aromatic heterocycles. The fourth-order valence-corrected chi connectivity index (χ4v) is 4.20. The summed E-state index contributed by atoms with van der Waals surface area (Å²) in [5.41, 5.74) is 1.99.